The van der Waals surface area contributed by atoms with Crippen molar-refractivity contribution in [2.45, 2.75) is 33.1 Å². The molecule has 1 N–H and O–H groups in total. The quantitative estimate of drug-likeness (QED) is 0.586. The monoisotopic (exact) mass is 383 g/mol. The SMILES string of the molecule is CCOC(OCC)c1nc2c(c(=O)[nH]1)CN(C(=O)/C=C/c1ccccc1)CC2. The Labute approximate surface area is 164 Å². The van der Waals surface area contributed by atoms with E-state index in [1.807, 2.05) is 44.2 Å². The summed E-state index contributed by atoms with van der Waals surface area (Å²) in [6, 6.07) is 9.62. The van der Waals surface area contributed by atoms with Crippen molar-refractivity contribution in [3.05, 3.63) is 69.4 Å². The molecule has 0 atom stereocenters. The maximum absolute atomic E-state index is 12.6. The van der Waals surface area contributed by atoms with Crippen molar-refractivity contribution in [3.8, 4) is 0 Å². The van der Waals surface area contributed by atoms with Crippen LogP contribution < -0.4 is 5.56 Å². The molecule has 1 aliphatic heterocycles. The van der Waals surface area contributed by atoms with Crippen LogP contribution in [0.2, 0.25) is 0 Å². The number of H-pyrrole nitrogens is 1. The molecule has 0 spiro atoms. The first-order valence-electron chi connectivity index (χ1n) is 9.49. The minimum absolute atomic E-state index is 0.125. The lowest BCUT2D eigenvalue weighted by Gasteiger charge is -2.27. The number of carbonyl (C=O) groups is 1. The van der Waals surface area contributed by atoms with Gasteiger partial charge in [-0.2, -0.15) is 0 Å². The standard InChI is InChI=1S/C21H25N3O4/c1-3-27-21(28-4-2)19-22-17-12-13-24(14-16(17)20(26)23-19)18(25)11-10-15-8-6-5-7-9-15/h5-11,21H,3-4,12-14H2,1-2H3,(H,22,23,26)/b11-10+. The number of ether oxygens (including phenoxy) is 2. The lowest BCUT2D eigenvalue weighted by atomic mass is 10.1. The molecule has 1 aromatic heterocycles. The Bertz CT molecular complexity index is 886. The highest BCUT2D eigenvalue weighted by Crippen LogP contribution is 2.19. The van der Waals surface area contributed by atoms with Crippen molar-refractivity contribution in [2.75, 3.05) is 19.8 Å². The molecule has 7 heteroatoms. The number of nitrogens with one attached hydrogen (secondary N) is 1. The summed E-state index contributed by atoms with van der Waals surface area (Å²) in [5.41, 5.74) is 1.91. The third-order valence-corrected chi connectivity index (χ3v) is 4.48. The van der Waals surface area contributed by atoms with Crippen LogP contribution >= 0.6 is 0 Å². The van der Waals surface area contributed by atoms with Crippen molar-refractivity contribution in [2.24, 2.45) is 0 Å². The van der Waals surface area contributed by atoms with E-state index in [0.717, 1.165) is 5.56 Å². The fourth-order valence-corrected chi connectivity index (χ4v) is 3.09. The van der Waals surface area contributed by atoms with Crippen LogP contribution in [0.5, 0.6) is 0 Å². The van der Waals surface area contributed by atoms with Gasteiger partial charge in [-0.1, -0.05) is 30.3 Å². The molecule has 1 aromatic carbocycles. The molecule has 0 radical (unpaired) electrons. The first kappa shape index (κ1) is 20.0. The minimum atomic E-state index is -0.693. The highest BCUT2D eigenvalue weighted by molar-refractivity contribution is 5.91. The predicted molar refractivity (Wildman–Crippen MR) is 105 cm³/mol. The van der Waals surface area contributed by atoms with Gasteiger partial charge in [-0.3, -0.25) is 9.59 Å². The first-order valence-corrected chi connectivity index (χ1v) is 9.49. The molecule has 3 rings (SSSR count). The number of benzene rings is 1. The third kappa shape index (κ3) is 4.74. The third-order valence-electron chi connectivity index (χ3n) is 4.48. The molecule has 2 aromatic rings. The Morgan fingerprint density at radius 3 is 2.64 bits per heavy atom. The van der Waals surface area contributed by atoms with E-state index in [0.29, 0.717) is 43.3 Å². The summed E-state index contributed by atoms with van der Waals surface area (Å²) in [5.74, 6) is 0.246. The van der Waals surface area contributed by atoms with Crippen molar-refractivity contribution in [1.29, 1.82) is 0 Å². The summed E-state index contributed by atoms with van der Waals surface area (Å²) < 4.78 is 11.0. The van der Waals surface area contributed by atoms with E-state index in [1.165, 1.54) is 6.08 Å². The van der Waals surface area contributed by atoms with Gasteiger partial charge in [-0.15, -0.1) is 0 Å². The van der Waals surface area contributed by atoms with Gasteiger partial charge in [0.15, 0.2) is 5.82 Å². The van der Waals surface area contributed by atoms with Crippen LogP contribution in [0.3, 0.4) is 0 Å². The van der Waals surface area contributed by atoms with Crippen LogP contribution in [-0.4, -0.2) is 40.5 Å². The van der Waals surface area contributed by atoms with Crippen molar-refractivity contribution in [3.63, 3.8) is 0 Å². The van der Waals surface area contributed by atoms with E-state index < -0.39 is 6.29 Å². The maximum atomic E-state index is 12.6. The number of hydrogen-bond donors (Lipinski definition) is 1. The maximum Gasteiger partial charge on any atom is 0.256 e. The van der Waals surface area contributed by atoms with Crippen molar-refractivity contribution in [1.82, 2.24) is 14.9 Å². The van der Waals surface area contributed by atoms with Crippen LogP contribution in [-0.2, 0) is 27.2 Å². The summed E-state index contributed by atoms with van der Waals surface area (Å²) >= 11 is 0. The van der Waals surface area contributed by atoms with Crippen LogP contribution in [0, 0.1) is 0 Å². The molecule has 28 heavy (non-hydrogen) atoms. The Kier molecular flexibility index (Phi) is 6.73. The fraction of sp³-hybridized carbons (Fsp3) is 0.381. The Balaban J connectivity index is 1.75. The summed E-state index contributed by atoms with van der Waals surface area (Å²) in [4.78, 5) is 34.0. The van der Waals surface area contributed by atoms with Gasteiger partial charge in [-0.25, -0.2) is 4.98 Å². The zero-order chi connectivity index (χ0) is 19.9. The average Bonchev–Trinajstić information content (AvgIpc) is 2.72. The summed E-state index contributed by atoms with van der Waals surface area (Å²) in [6.07, 6.45) is 3.14. The molecular weight excluding hydrogens is 358 g/mol. The fourth-order valence-electron chi connectivity index (χ4n) is 3.09. The number of fused-ring (bicyclic) bond motifs is 1. The number of nitrogens with zero attached hydrogens (tertiary/aromatic N) is 2. The lowest BCUT2D eigenvalue weighted by molar-refractivity contribution is -0.145. The summed E-state index contributed by atoms with van der Waals surface area (Å²) in [6.45, 7) is 5.35. The van der Waals surface area contributed by atoms with Gasteiger partial charge in [0.05, 0.1) is 17.8 Å². The molecule has 0 bridgehead atoms. The van der Waals surface area contributed by atoms with Gasteiger partial charge < -0.3 is 19.4 Å². The molecule has 7 nitrogen and oxygen atoms in total. The number of amides is 1. The predicted octanol–water partition coefficient (Wildman–Crippen LogP) is 2.44. The Morgan fingerprint density at radius 1 is 1.25 bits per heavy atom. The molecule has 2 heterocycles. The van der Waals surface area contributed by atoms with E-state index in [-0.39, 0.29) is 18.0 Å². The number of rotatable bonds is 7. The molecule has 1 aliphatic rings. The van der Waals surface area contributed by atoms with Gasteiger partial charge in [0, 0.05) is 32.3 Å². The van der Waals surface area contributed by atoms with E-state index >= 15 is 0 Å². The largest absolute Gasteiger partial charge is 0.346 e. The highest BCUT2D eigenvalue weighted by Gasteiger charge is 2.25. The molecular formula is C21H25N3O4. The van der Waals surface area contributed by atoms with E-state index in [9.17, 15) is 9.59 Å². The number of aromatic amines is 1. The summed E-state index contributed by atoms with van der Waals surface area (Å²) in [5, 5.41) is 0. The van der Waals surface area contributed by atoms with Crippen LogP contribution in [0.4, 0.5) is 0 Å². The van der Waals surface area contributed by atoms with E-state index in [2.05, 4.69) is 9.97 Å². The van der Waals surface area contributed by atoms with Gasteiger partial charge in [0.1, 0.15) is 0 Å². The van der Waals surface area contributed by atoms with Gasteiger partial charge in [0.25, 0.3) is 5.56 Å². The molecule has 0 saturated carbocycles. The van der Waals surface area contributed by atoms with Gasteiger partial charge in [0.2, 0.25) is 12.2 Å². The molecule has 0 fully saturated rings. The van der Waals surface area contributed by atoms with Crippen LogP contribution in [0.1, 0.15) is 42.8 Å². The minimum Gasteiger partial charge on any atom is -0.346 e. The van der Waals surface area contributed by atoms with Crippen LogP contribution in [0.25, 0.3) is 6.08 Å². The molecule has 0 saturated heterocycles. The Morgan fingerprint density at radius 2 is 1.96 bits per heavy atom. The average molecular weight is 383 g/mol. The summed E-state index contributed by atoms with van der Waals surface area (Å²) in [7, 11) is 0. The van der Waals surface area contributed by atoms with E-state index in [1.54, 1.807) is 11.0 Å². The van der Waals surface area contributed by atoms with Gasteiger partial charge in [-0.05, 0) is 25.5 Å². The zero-order valence-electron chi connectivity index (χ0n) is 16.2. The second-order valence-corrected chi connectivity index (χ2v) is 6.37. The lowest BCUT2D eigenvalue weighted by Crippen LogP contribution is -2.39. The van der Waals surface area contributed by atoms with E-state index in [4.69, 9.17) is 9.47 Å². The smallest absolute Gasteiger partial charge is 0.256 e. The molecule has 1 amide bonds. The molecule has 0 unspecified atom stereocenters. The number of hydrogen-bond acceptors (Lipinski definition) is 5. The van der Waals surface area contributed by atoms with Crippen LogP contribution in [0.15, 0.2) is 41.2 Å². The number of carbonyl (C=O) groups excluding carboxylic acids is 1. The Hall–Kier alpha value is -2.77. The zero-order valence-corrected chi connectivity index (χ0v) is 16.2. The second-order valence-electron chi connectivity index (χ2n) is 6.37. The normalized spacial score (nSPS) is 13.9. The topological polar surface area (TPSA) is 84.5 Å². The van der Waals surface area contributed by atoms with Crippen molar-refractivity contribution >= 4 is 12.0 Å². The van der Waals surface area contributed by atoms with Crippen molar-refractivity contribution < 1.29 is 14.3 Å². The molecule has 0 aliphatic carbocycles. The first-order chi connectivity index (χ1) is 13.6. The molecule has 148 valence electrons. The highest BCUT2D eigenvalue weighted by atomic mass is 16.7. The number of aromatic nitrogens is 2. The second kappa shape index (κ2) is 9.43. The van der Waals surface area contributed by atoms with Gasteiger partial charge >= 0.3 is 0 Å².